The number of nitro groups is 2. The zero-order chi connectivity index (χ0) is 20.5. The standard InChI is InChI=1S/C17H15F3N4O4/c18-17(19,20)13-11-12(23(25)26)5-6-14(13)21-7-9-22(10-8-21)15-3-1-2-4-16(15)24(27)28/h1-6,11H,7-10H2. The predicted molar refractivity (Wildman–Crippen MR) is 95.6 cm³/mol. The lowest BCUT2D eigenvalue weighted by molar-refractivity contribution is -0.385. The van der Waals surface area contributed by atoms with Gasteiger partial charge in [0.1, 0.15) is 5.69 Å². The second-order valence-corrected chi connectivity index (χ2v) is 6.18. The number of nitrogens with zero attached hydrogens (tertiary/aromatic N) is 4. The zero-order valence-corrected chi connectivity index (χ0v) is 14.4. The van der Waals surface area contributed by atoms with Crippen molar-refractivity contribution < 1.29 is 23.0 Å². The molecule has 0 bridgehead atoms. The Morgan fingerprint density at radius 1 is 0.821 bits per heavy atom. The number of para-hydroxylation sites is 2. The number of piperazine rings is 1. The van der Waals surface area contributed by atoms with Crippen LogP contribution in [0.15, 0.2) is 42.5 Å². The highest BCUT2D eigenvalue weighted by Crippen LogP contribution is 2.39. The molecule has 0 atom stereocenters. The van der Waals surface area contributed by atoms with Gasteiger partial charge in [-0.15, -0.1) is 0 Å². The van der Waals surface area contributed by atoms with Crippen LogP contribution in [0.4, 0.5) is 35.9 Å². The Morgan fingerprint density at radius 3 is 1.93 bits per heavy atom. The fraction of sp³-hybridized carbons (Fsp3) is 0.294. The Bertz CT molecular complexity index is 912. The number of non-ortho nitro benzene ring substituents is 1. The number of anilines is 2. The average molecular weight is 396 g/mol. The van der Waals surface area contributed by atoms with Crippen LogP contribution in [0.5, 0.6) is 0 Å². The summed E-state index contributed by atoms with van der Waals surface area (Å²) in [5.74, 6) is 0. The molecular weight excluding hydrogens is 381 g/mol. The van der Waals surface area contributed by atoms with Crippen LogP contribution in [0.3, 0.4) is 0 Å². The summed E-state index contributed by atoms with van der Waals surface area (Å²) in [5, 5.41) is 22.0. The first kappa shape index (κ1) is 19.4. The van der Waals surface area contributed by atoms with E-state index in [0.717, 1.165) is 12.1 Å². The van der Waals surface area contributed by atoms with Gasteiger partial charge in [0.25, 0.3) is 11.4 Å². The van der Waals surface area contributed by atoms with E-state index >= 15 is 0 Å². The van der Waals surface area contributed by atoms with E-state index in [9.17, 15) is 33.4 Å². The number of benzene rings is 2. The molecule has 0 unspecified atom stereocenters. The Morgan fingerprint density at radius 2 is 1.39 bits per heavy atom. The van der Waals surface area contributed by atoms with Crippen LogP contribution in [-0.2, 0) is 6.18 Å². The zero-order valence-electron chi connectivity index (χ0n) is 14.4. The van der Waals surface area contributed by atoms with E-state index in [0.29, 0.717) is 11.8 Å². The van der Waals surface area contributed by atoms with Crippen molar-refractivity contribution in [2.75, 3.05) is 36.0 Å². The van der Waals surface area contributed by atoms with Crippen LogP contribution in [0, 0.1) is 20.2 Å². The summed E-state index contributed by atoms with van der Waals surface area (Å²) in [6.45, 7) is 0.929. The van der Waals surface area contributed by atoms with E-state index < -0.39 is 27.3 Å². The van der Waals surface area contributed by atoms with E-state index in [1.807, 2.05) is 0 Å². The summed E-state index contributed by atoms with van der Waals surface area (Å²) in [6, 6.07) is 8.85. The molecule has 2 aromatic carbocycles. The highest BCUT2D eigenvalue weighted by Gasteiger charge is 2.37. The van der Waals surface area contributed by atoms with E-state index in [-0.39, 0.29) is 37.6 Å². The van der Waals surface area contributed by atoms with Crippen LogP contribution in [0.25, 0.3) is 0 Å². The summed E-state index contributed by atoms with van der Waals surface area (Å²) in [6.07, 6.45) is -4.74. The molecule has 0 amide bonds. The molecular formula is C17H15F3N4O4. The van der Waals surface area contributed by atoms with Crippen molar-refractivity contribution >= 4 is 22.7 Å². The SMILES string of the molecule is O=[N+]([O-])c1ccc(N2CCN(c3ccccc3[N+](=O)[O-])CC2)c(C(F)(F)F)c1. The Kier molecular flexibility index (Phi) is 5.08. The lowest BCUT2D eigenvalue weighted by Crippen LogP contribution is -2.47. The number of hydrogen-bond donors (Lipinski definition) is 0. The molecule has 0 spiro atoms. The molecule has 28 heavy (non-hydrogen) atoms. The second kappa shape index (κ2) is 7.33. The fourth-order valence-electron chi connectivity index (χ4n) is 3.21. The number of halogens is 3. The second-order valence-electron chi connectivity index (χ2n) is 6.18. The summed E-state index contributed by atoms with van der Waals surface area (Å²) in [5.41, 5.74) is -1.50. The maximum absolute atomic E-state index is 13.4. The molecule has 1 aliphatic rings. The number of rotatable bonds is 4. The summed E-state index contributed by atoms with van der Waals surface area (Å²) < 4.78 is 40.2. The summed E-state index contributed by atoms with van der Waals surface area (Å²) in [7, 11) is 0. The summed E-state index contributed by atoms with van der Waals surface area (Å²) >= 11 is 0. The van der Waals surface area contributed by atoms with Gasteiger partial charge in [-0.05, 0) is 12.1 Å². The van der Waals surface area contributed by atoms with Gasteiger partial charge in [0, 0.05) is 50.1 Å². The molecule has 11 heteroatoms. The minimum atomic E-state index is -4.74. The van der Waals surface area contributed by atoms with Gasteiger partial charge in [-0.25, -0.2) is 0 Å². The number of hydrogen-bond acceptors (Lipinski definition) is 6. The van der Waals surface area contributed by atoms with Gasteiger partial charge in [0.05, 0.1) is 15.4 Å². The van der Waals surface area contributed by atoms with Gasteiger partial charge in [0.15, 0.2) is 0 Å². The third kappa shape index (κ3) is 3.82. The van der Waals surface area contributed by atoms with Crippen molar-refractivity contribution in [2.45, 2.75) is 6.18 Å². The normalized spacial score (nSPS) is 14.8. The third-order valence-corrected chi connectivity index (χ3v) is 4.54. The molecule has 0 aliphatic carbocycles. The molecule has 0 aromatic heterocycles. The first-order valence-electron chi connectivity index (χ1n) is 8.27. The molecule has 2 aromatic rings. The molecule has 0 radical (unpaired) electrons. The monoisotopic (exact) mass is 396 g/mol. The highest BCUT2D eigenvalue weighted by atomic mass is 19.4. The van der Waals surface area contributed by atoms with Gasteiger partial charge in [-0.3, -0.25) is 20.2 Å². The molecule has 1 aliphatic heterocycles. The van der Waals surface area contributed by atoms with E-state index in [4.69, 9.17) is 0 Å². The van der Waals surface area contributed by atoms with Crippen molar-refractivity contribution in [1.29, 1.82) is 0 Å². The molecule has 1 saturated heterocycles. The molecule has 8 nitrogen and oxygen atoms in total. The smallest absolute Gasteiger partial charge is 0.367 e. The maximum Gasteiger partial charge on any atom is 0.418 e. The molecule has 1 heterocycles. The van der Waals surface area contributed by atoms with Crippen LogP contribution >= 0.6 is 0 Å². The summed E-state index contributed by atoms with van der Waals surface area (Å²) in [4.78, 5) is 23.9. The first-order valence-corrected chi connectivity index (χ1v) is 8.27. The van der Waals surface area contributed by atoms with Crippen molar-refractivity contribution in [1.82, 2.24) is 0 Å². The average Bonchev–Trinajstić information content (AvgIpc) is 2.67. The van der Waals surface area contributed by atoms with Gasteiger partial charge in [0.2, 0.25) is 0 Å². The number of nitro benzene ring substituents is 2. The highest BCUT2D eigenvalue weighted by molar-refractivity contribution is 5.65. The molecule has 3 rings (SSSR count). The third-order valence-electron chi connectivity index (χ3n) is 4.54. The van der Waals surface area contributed by atoms with Crippen molar-refractivity contribution in [2.24, 2.45) is 0 Å². The van der Waals surface area contributed by atoms with Gasteiger partial charge >= 0.3 is 6.18 Å². The van der Waals surface area contributed by atoms with Crippen LogP contribution in [-0.4, -0.2) is 36.0 Å². The fourth-order valence-corrected chi connectivity index (χ4v) is 3.21. The van der Waals surface area contributed by atoms with Crippen molar-refractivity contribution in [3.8, 4) is 0 Å². The van der Waals surface area contributed by atoms with Crippen LogP contribution < -0.4 is 9.80 Å². The van der Waals surface area contributed by atoms with Gasteiger partial charge in [-0.1, -0.05) is 12.1 Å². The number of alkyl halides is 3. The Balaban J connectivity index is 1.84. The minimum Gasteiger partial charge on any atom is -0.367 e. The largest absolute Gasteiger partial charge is 0.418 e. The molecule has 0 saturated carbocycles. The minimum absolute atomic E-state index is 0.0673. The predicted octanol–water partition coefficient (Wildman–Crippen LogP) is 3.85. The molecule has 0 N–H and O–H groups in total. The van der Waals surface area contributed by atoms with E-state index in [2.05, 4.69) is 0 Å². The molecule has 1 fully saturated rings. The topological polar surface area (TPSA) is 92.8 Å². The lowest BCUT2D eigenvalue weighted by Gasteiger charge is -2.38. The van der Waals surface area contributed by atoms with Gasteiger partial charge in [-0.2, -0.15) is 13.2 Å². The maximum atomic E-state index is 13.4. The van der Waals surface area contributed by atoms with Crippen molar-refractivity contribution in [3.63, 3.8) is 0 Å². The first-order chi connectivity index (χ1) is 13.2. The lowest BCUT2D eigenvalue weighted by atomic mass is 10.1. The quantitative estimate of drug-likeness (QED) is 0.576. The van der Waals surface area contributed by atoms with Crippen LogP contribution in [0.2, 0.25) is 0 Å². The van der Waals surface area contributed by atoms with E-state index in [1.165, 1.54) is 11.0 Å². The Hall–Kier alpha value is -3.37. The van der Waals surface area contributed by atoms with E-state index in [1.54, 1.807) is 23.1 Å². The van der Waals surface area contributed by atoms with Crippen molar-refractivity contribution in [3.05, 3.63) is 68.3 Å². The Labute approximate surface area is 157 Å². The van der Waals surface area contributed by atoms with Crippen LogP contribution in [0.1, 0.15) is 5.56 Å². The van der Waals surface area contributed by atoms with Gasteiger partial charge < -0.3 is 9.80 Å². The molecule has 148 valence electrons.